The number of rotatable bonds is 6. The number of benzene rings is 1. The quantitative estimate of drug-likeness (QED) is 0.817. The summed E-state index contributed by atoms with van der Waals surface area (Å²) in [6.07, 6.45) is 2.31. The fraction of sp³-hybridized carbons (Fsp3) is 0.462. The average Bonchev–Trinajstić information content (AvgIpc) is 2.31. The van der Waals surface area contributed by atoms with Crippen LogP contribution in [-0.2, 0) is 11.2 Å². The maximum Gasteiger partial charge on any atom is 0.224 e. The second-order valence-electron chi connectivity index (χ2n) is 4.09. The molecule has 17 heavy (non-hydrogen) atoms. The van der Waals surface area contributed by atoms with Crippen molar-refractivity contribution in [2.24, 2.45) is 5.73 Å². The second kappa shape index (κ2) is 7.30. The lowest BCUT2D eigenvalue weighted by Gasteiger charge is -2.15. The first-order valence-electron chi connectivity index (χ1n) is 5.89. The summed E-state index contributed by atoms with van der Waals surface area (Å²) in [5.41, 5.74) is 6.55. The number of nitrogens with one attached hydrogen (secondary N) is 1. The summed E-state index contributed by atoms with van der Waals surface area (Å²) < 4.78 is 0. The fourth-order valence-corrected chi connectivity index (χ4v) is 1.79. The number of halogens is 1. The van der Waals surface area contributed by atoms with Crippen LogP contribution in [0.3, 0.4) is 0 Å². The molecule has 1 atom stereocenters. The molecule has 0 aliphatic heterocycles. The summed E-state index contributed by atoms with van der Waals surface area (Å²) in [6.45, 7) is 2.56. The molecule has 1 aromatic rings. The van der Waals surface area contributed by atoms with Gasteiger partial charge in [-0.1, -0.05) is 37.1 Å². The maximum absolute atomic E-state index is 11.7. The van der Waals surface area contributed by atoms with Crippen molar-refractivity contribution in [3.05, 3.63) is 34.9 Å². The number of nitrogens with two attached hydrogens (primary N) is 1. The first kappa shape index (κ1) is 14.0. The summed E-state index contributed by atoms with van der Waals surface area (Å²) >= 11 is 5.78. The van der Waals surface area contributed by atoms with Gasteiger partial charge >= 0.3 is 0 Å². The number of carbonyl (C=O) groups is 1. The van der Waals surface area contributed by atoms with Crippen LogP contribution in [-0.4, -0.2) is 18.5 Å². The molecule has 1 rings (SSSR count). The Morgan fingerprint density at radius 3 is 2.59 bits per heavy atom. The first-order valence-corrected chi connectivity index (χ1v) is 6.27. The fourth-order valence-electron chi connectivity index (χ4n) is 1.66. The lowest BCUT2D eigenvalue weighted by atomic mass is 10.1. The zero-order valence-electron chi connectivity index (χ0n) is 10.1. The lowest BCUT2D eigenvalue weighted by Crippen LogP contribution is -2.40. The Kier molecular flexibility index (Phi) is 6.01. The summed E-state index contributed by atoms with van der Waals surface area (Å²) in [4.78, 5) is 11.7. The molecule has 0 aliphatic carbocycles. The van der Waals surface area contributed by atoms with Gasteiger partial charge < -0.3 is 11.1 Å². The molecule has 94 valence electrons. The van der Waals surface area contributed by atoms with Crippen LogP contribution in [0.2, 0.25) is 5.02 Å². The monoisotopic (exact) mass is 254 g/mol. The number of amides is 1. The van der Waals surface area contributed by atoms with Gasteiger partial charge in [-0.15, -0.1) is 0 Å². The summed E-state index contributed by atoms with van der Waals surface area (Å²) in [5.74, 6) is 0.0104. The van der Waals surface area contributed by atoms with E-state index in [0.29, 0.717) is 18.0 Å². The predicted octanol–water partition coefficient (Wildman–Crippen LogP) is 2.13. The first-order chi connectivity index (χ1) is 8.15. The molecule has 0 heterocycles. The maximum atomic E-state index is 11.7. The molecule has 0 saturated heterocycles. The van der Waals surface area contributed by atoms with Crippen molar-refractivity contribution in [2.75, 3.05) is 6.54 Å². The molecule has 0 radical (unpaired) electrons. The van der Waals surface area contributed by atoms with Crippen molar-refractivity contribution in [1.29, 1.82) is 0 Å². The Labute approximate surface area is 107 Å². The zero-order valence-corrected chi connectivity index (χ0v) is 10.8. The van der Waals surface area contributed by atoms with Gasteiger partial charge in [-0.05, 0) is 24.1 Å². The van der Waals surface area contributed by atoms with Crippen molar-refractivity contribution in [3.63, 3.8) is 0 Å². The van der Waals surface area contributed by atoms with E-state index < -0.39 is 0 Å². The topological polar surface area (TPSA) is 55.1 Å². The van der Waals surface area contributed by atoms with Gasteiger partial charge in [0.15, 0.2) is 0 Å². The van der Waals surface area contributed by atoms with Crippen LogP contribution in [0.25, 0.3) is 0 Å². The normalized spacial score (nSPS) is 12.2. The van der Waals surface area contributed by atoms with Crippen molar-refractivity contribution in [2.45, 2.75) is 32.2 Å². The third-order valence-corrected chi connectivity index (χ3v) is 2.82. The second-order valence-corrected chi connectivity index (χ2v) is 4.53. The third kappa shape index (κ3) is 5.20. The highest BCUT2D eigenvalue weighted by Gasteiger charge is 2.09. The largest absolute Gasteiger partial charge is 0.352 e. The van der Waals surface area contributed by atoms with E-state index in [1.54, 1.807) is 12.1 Å². The Bertz CT molecular complexity index is 351. The molecular weight excluding hydrogens is 236 g/mol. The third-order valence-electron chi connectivity index (χ3n) is 2.56. The minimum absolute atomic E-state index is 0.0104. The van der Waals surface area contributed by atoms with E-state index >= 15 is 0 Å². The van der Waals surface area contributed by atoms with Gasteiger partial charge in [-0.3, -0.25) is 4.79 Å². The van der Waals surface area contributed by atoms with E-state index in [0.717, 1.165) is 18.4 Å². The Balaban J connectivity index is 2.46. The molecule has 0 spiro atoms. The minimum Gasteiger partial charge on any atom is -0.352 e. The predicted molar refractivity (Wildman–Crippen MR) is 71.0 cm³/mol. The van der Waals surface area contributed by atoms with Gasteiger partial charge in [0, 0.05) is 17.6 Å². The Morgan fingerprint density at radius 1 is 1.41 bits per heavy atom. The molecule has 1 amide bonds. The molecule has 1 aromatic carbocycles. The van der Waals surface area contributed by atoms with E-state index in [9.17, 15) is 4.79 Å². The van der Waals surface area contributed by atoms with E-state index in [1.165, 1.54) is 0 Å². The smallest absolute Gasteiger partial charge is 0.224 e. The molecule has 0 bridgehead atoms. The molecule has 3 N–H and O–H groups in total. The number of hydrogen-bond acceptors (Lipinski definition) is 2. The number of hydrogen-bond donors (Lipinski definition) is 2. The van der Waals surface area contributed by atoms with Crippen molar-refractivity contribution >= 4 is 17.5 Å². The van der Waals surface area contributed by atoms with E-state index in [4.69, 9.17) is 17.3 Å². The molecule has 0 aliphatic rings. The molecule has 0 saturated carbocycles. The van der Waals surface area contributed by atoms with Gasteiger partial charge in [-0.2, -0.15) is 0 Å². The van der Waals surface area contributed by atoms with Gasteiger partial charge in [0.1, 0.15) is 0 Å². The summed E-state index contributed by atoms with van der Waals surface area (Å²) in [5, 5.41) is 3.61. The van der Waals surface area contributed by atoms with Crippen molar-refractivity contribution < 1.29 is 4.79 Å². The molecule has 3 nitrogen and oxygen atoms in total. The highest BCUT2D eigenvalue weighted by atomic mass is 35.5. The van der Waals surface area contributed by atoms with Crippen LogP contribution in [0, 0.1) is 0 Å². The van der Waals surface area contributed by atoms with Crippen LogP contribution in [0.5, 0.6) is 0 Å². The van der Waals surface area contributed by atoms with Crippen LogP contribution in [0.15, 0.2) is 24.3 Å². The SMILES string of the molecule is CCCC(CN)NC(=O)Cc1ccc(Cl)cc1. The van der Waals surface area contributed by atoms with Gasteiger partial charge in [0.25, 0.3) is 0 Å². The van der Waals surface area contributed by atoms with Crippen LogP contribution in [0.4, 0.5) is 0 Å². The summed E-state index contributed by atoms with van der Waals surface area (Å²) in [7, 11) is 0. The Hall–Kier alpha value is -1.06. The van der Waals surface area contributed by atoms with Crippen LogP contribution >= 0.6 is 11.6 Å². The average molecular weight is 255 g/mol. The van der Waals surface area contributed by atoms with Gasteiger partial charge in [0.2, 0.25) is 5.91 Å². The van der Waals surface area contributed by atoms with Crippen molar-refractivity contribution in [3.8, 4) is 0 Å². The van der Waals surface area contributed by atoms with Gasteiger partial charge in [-0.25, -0.2) is 0 Å². The highest BCUT2D eigenvalue weighted by molar-refractivity contribution is 6.30. The molecule has 0 fully saturated rings. The van der Waals surface area contributed by atoms with Crippen molar-refractivity contribution in [1.82, 2.24) is 5.32 Å². The lowest BCUT2D eigenvalue weighted by molar-refractivity contribution is -0.121. The molecular formula is C13H19ClN2O. The van der Waals surface area contributed by atoms with E-state index in [-0.39, 0.29) is 11.9 Å². The van der Waals surface area contributed by atoms with Crippen LogP contribution in [0.1, 0.15) is 25.3 Å². The molecule has 4 heteroatoms. The highest BCUT2D eigenvalue weighted by Crippen LogP contribution is 2.10. The minimum atomic E-state index is 0.0104. The van der Waals surface area contributed by atoms with Gasteiger partial charge in [0.05, 0.1) is 6.42 Å². The number of carbonyl (C=O) groups excluding carboxylic acids is 1. The van der Waals surface area contributed by atoms with Crippen LogP contribution < -0.4 is 11.1 Å². The Morgan fingerprint density at radius 2 is 2.06 bits per heavy atom. The summed E-state index contributed by atoms with van der Waals surface area (Å²) in [6, 6.07) is 7.38. The molecule has 0 aromatic heterocycles. The zero-order chi connectivity index (χ0) is 12.7. The van der Waals surface area contributed by atoms with E-state index in [1.807, 2.05) is 12.1 Å². The standard InChI is InChI=1S/C13H19ClN2O/c1-2-3-12(9-15)16-13(17)8-10-4-6-11(14)7-5-10/h4-7,12H,2-3,8-9,15H2,1H3,(H,16,17). The van der Waals surface area contributed by atoms with E-state index in [2.05, 4.69) is 12.2 Å². The molecule has 1 unspecified atom stereocenters.